The number of rotatable bonds is 4. The smallest absolute Gasteiger partial charge is 0.219 e. The van der Waals surface area contributed by atoms with E-state index in [0.717, 1.165) is 0 Å². The van der Waals surface area contributed by atoms with Crippen LogP contribution in [0.25, 0.3) is 0 Å². The van der Waals surface area contributed by atoms with Crippen molar-refractivity contribution in [2.75, 3.05) is 13.1 Å². The molecule has 1 aromatic rings. The molecule has 0 aliphatic carbocycles. The number of piperidine rings is 1. The summed E-state index contributed by atoms with van der Waals surface area (Å²) in [6, 6.07) is 6.80. The summed E-state index contributed by atoms with van der Waals surface area (Å²) >= 11 is 5.99. The minimum atomic E-state index is -3.43. The third-order valence-electron chi connectivity index (χ3n) is 3.59. The van der Waals surface area contributed by atoms with Gasteiger partial charge in [0.2, 0.25) is 15.9 Å². The number of carbonyl (C=O) groups is 1. The molecule has 1 aliphatic heterocycles. The summed E-state index contributed by atoms with van der Waals surface area (Å²) in [7, 11) is -3.43. The quantitative estimate of drug-likeness (QED) is 0.915. The van der Waals surface area contributed by atoms with E-state index in [1.807, 2.05) is 0 Å². The van der Waals surface area contributed by atoms with Crippen molar-refractivity contribution >= 4 is 27.5 Å². The average molecular weight is 331 g/mol. The van der Waals surface area contributed by atoms with Gasteiger partial charge in [0, 0.05) is 31.1 Å². The Morgan fingerprint density at radius 2 is 1.95 bits per heavy atom. The molecule has 1 amide bonds. The van der Waals surface area contributed by atoms with Gasteiger partial charge in [0.25, 0.3) is 0 Å². The van der Waals surface area contributed by atoms with E-state index in [1.54, 1.807) is 29.2 Å². The summed E-state index contributed by atoms with van der Waals surface area (Å²) in [5.41, 5.74) is 0.591. The van der Waals surface area contributed by atoms with Gasteiger partial charge in [-0.1, -0.05) is 29.8 Å². The summed E-state index contributed by atoms with van der Waals surface area (Å²) in [4.78, 5) is 13.0. The normalized spacial score (nSPS) is 17.0. The largest absolute Gasteiger partial charge is 0.343 e. The molecule has 5 nitrogen and oxygen atoms in total. The van der Waals surface area contributed by atoms with Crippen molar-refractivity contribution < 1.29 is 13.2 Å². The van der Waals surface area contributed by atoms with E-state index in [4.69, 9.17) is 11.6 Å². The molecule has 0 radical (unpaired) electrons. The second-order valence-corrected chi connectivity index (χ2v) is 7.41. The maximum atomic E-state index is 12.2. The Bertz CT molecular complexity index is 610. The topological polar surface area (TPSA) is 66.5 Å². The molecule has 0 saturated carbocycles. The second kappa shape index (κ2) is 6.77. The van der Waals surface area contributed by atoms with Crippen molar-refractivity contribution in [3.8, 4) is 0 Å². The highest BCUT2D eigenvalue weighted by molar-refractivity contribution is 7.88. The number of nitrogens with zero attached hydrogens (tertiary/aromatic N) is 1. The van der Waals surface area contributed by atoms with E-state index >= 15 is 0 Å². The molecular formula is C14H19ClN2O3S. The lowest BCUT2D eigenvalue weighted by Gasteiger charge is -2.31. The maximum Gasteiger partial charge on any atom is 0.219 e. The highest BCUT2D eigenvalue weighted by atomic mass is 35.5. The van der Waals surface area contributed by atoms with Crippen molar-refractivity contribution in [1.29, 1.82) is 0 Å². The van der Waals surface area contributed by atoms with E-state index in [-0.39, 0.29) is 17.7 Å². The zero-order valence-corrected chi connectivity index (χ0v) is 13.5. The molecule has 0 atom stereocenters. The molecule has 0 bridgehead atoms. The molecule has 1 saturated heterocycles. The molecule has 7 heteroatoms. The first-order valence-corrected chi connectivity index (χ1v) is 8.89. The number of hydrogen-bond donors (Lipinski definition) is 1. The first kappa shape index (κ1) is 16.3. The number of nitrogens with one attached hydrogen (secondary N) is 1. The molecule has 1 N–H and O–H groups in total. The summed E-state index contributed by atoms with van der Waals surface area (Å²) in [6.45, 7) is 2.71. The molecule has 0 unspecified atom stereocenters. The Kier molecular flexibility index (Phi) is 5.24. The van der Waals surface area contributed by atoms with Gasteiger partial charge in [-0.15, -0.1) is 0 Å². The Morgan fingerprint density at radius 1 is 1.33 bits per heavy atom. The van der Waals surface area contributed by atoms with Crippen molar-refractivity contribution in [1.82, 2.24) is 9.62 Å². The fourth-order valence-electron chi connectivity index (χ4n) is 2.43. The fourth-order valence-corrected chi connectivity index (χ4v) is 4.20. The fraction of sp³-hybridized carbons (Fsp3) is 0.500. The average Bonchev–Trinajstić information content (AvgIpc) is 2.41. The van der Waals surface area contributed by atoms with Crippen LogP contribution in [0.5, 0.6) is 0 Å². The summed E-state index contributed by atoms with van der Waals surface area (Å²) in [5.74, 6) is -0.0908. The summed E-state index contributed by atoms with van der Waals surface area (Å²) in [6.07, 6.45) is 1.28. The molecule has 21 heavy (non-hydrogen) atoms. The van der Waals surface area contributed by atoms with Crippen LogP contribution in [0.2, 0.25) is 5.02 Å². The SMILES string of the molecule is CC(=O)N1CCC(NS(=O)(=O)Cc2ccccc2Cl)CC1. The van der Waals surface area contributed by atoms with Crippen molar-refractivity contribution in [3.63, 3.8) is 0 Å². The lowest BCUT2D eigenvalue weighted by Crippen LogP contribution is -2.46. The van der Waals surface area contributed by atoms with E-state index in [2.05, 4.69) is 4.72 Å². The standard InChI is InChI=1S/C14H19ClN2O3S/c1-11(18)17-8-6-13(7-9-17)16-21(19,20)10-12-4-2-3-5-14(12)15/h2-5,13,16H,6-10H2,1H3. The first-order chi connectivity index (χ1) is 9.87. The van der Waals surface area contributed by atoms with Crippen molar-refractivity contribution in [2.24, 2.45) is 0 Å². The van der Waals surface area contributed by atoms with Gasteiger partial charge >= 0.3 is 0 Å². The van der Waals surface area contributed by atoms with Gasteiger partial charge in [-0.05, 0) is 24.5 Å². The van der Waals surface area contributed by atoms with Crippen LogP contribution in [0.15, 0.2) is 24.3 Å². The van der Waals surface area contributed by atoms with E-state index in [1.165, 1.54) is 6.92 Å². The van der Waals surface area contributed by atoms with Crippen molar-refractivity contribution in [3.05, 3.63) is 34.9 Å². The number of sulfonamides is 1. The van der Waals surface area contributed by atoms with Crippen LogP contribution in [0.4, 0.5) is 0 Å². The highest BCUT2D eigenvalue weighted by Gasteiger charge is 2.24. The second-order valence-electron chi connectivity index (χ2n) is 5.25. The lowest BCUT2D eigenvalue weighted by molar-refractivity contribution is -0.129. The predicted molar refractivity (Wildman–Crippen MR) is 82.5 cm³/mol. The third-order valence-corrected chi connectivity index (χ3v) is 5.34. The van der Waals surface area contributed by atoms with E-state index in [0.29, 0.717) is 36.5 Å². The van der Waals surface area contributed by atoms with Crippen LogP contribution >= 0.6 is 11.6 Å². The number of likely N-dealkylation sites (tertiary alicyclic amines) is 1. The first-order valence-electron chi connectivity index (χ1n) is 6.86. The van der Waals surface area contributed by atoms with Crippen LogP contribution in [-0.2, 0) is 20.6 Å². The molecule has 1 aromatic carbocycles. The number of benzene rings is 1. The highest BCUT2D eigenvalue weighted by Crippen LogP contribution is 2.18. The minimum absolute atomic E-state index is 0.0346. The molecule has 2 rings (SSSR count). The Hall–Kier alpha value is -1.11. The number of amides is 1. The van der Waals surface area contributed by atoms with E-state index in [9.17, 15) is 13.2 Å². The third kappa shape index (κ3) is 4.69. The Balaban J connectivity index is 1.93. The van der Waals surface area contributed by atoms with Crippen LogP contribution < -0.4 is 4.72 Å². The van der Waals surface area contributed by atoms with Crippen LogP contribution in [0, 0.1) is 0 Å². The van der Waals surface area contributed by atoms with Gasteiger partial charge in [-0.25, -0.2) is 13.1 Å². The number of hydrogen-bond acceptors (Lipinski definition) is 3. The minimum Gasteiger partial charge on any atom is -0.343 e. The molecule has 116 valence electrons. The zero-order chi connectivity index (χ0) is 15.5. The predicted octanol–water partition coefficient (Wildman–Crippen LogP) is 1.77. The Morgan fingerprint density at radius 3 is 2.52 bits per heavy atom. The maximum absolute atomic E-state index is 12.2. The number of carbonyl (C=O) groups excluding carboxylic acids is 1. The van der Waals surface area contributed by atoms with Gasteiger partial charge in [0.1, 0.15) is 0 Å². The zero-order valence-electron chi connectivity index (χ0n) is 11.9. The van der Waals surface area contributed by atoms with Gasteiger partial charge < -0.3 is 4.90 Å². The van der Waals surface area contributed by atoms with Gasteiger partial charge in [-0.3, -0.25) is 4.79 Å². The lowest BCUT2D eigenvalue weighted by atomic mass is 10.1. The molecule has 0 spiro atoms. The monoisotopic (exact) mass is 330 g/mol. The Labute approximate surface area is 130 Å². The summed E-state index contributed by atoms with van der Waals surface area (Å²) in [5, 5.41) is 0.453. The van der Waals surface area contributed by atoms with Crippen LogP contribution in [0.3, 0.4) is 0 Å². The van der Waals surface area contributed by atoms with Crippen LogP contribution in [-0.4, -0.2) is 38.4 Å². The van der Waals surface area contributed by atoms with Gasteiger partial charge in [-0.2, -0.15) is 0 Å². The molecule has 0 aromatic heterocycles. The molecule has 1 aliphatic rings. The summed E-state index contributed by atoms with van der Waals surface area (Å²) < 4.78 is 27.1. The number of halogens is 1. The van der Waals surface area contributed by atoms with Gasteiger partial charge in [0.05, 0.1) is 5.75 Å². The molecule has 1 fully saturated rings. The molecular weight excluding hydrogens is 312 g/mol. The van der Waals surface area contributed by atoms with Crippen molar-refractivity contribution in [2.45, 2.75) is 31.6 Å². The van der Waals surface area contributed by atoms with Crippen LogP contribution in [0.1, 0.15) is 25.3 Å². The molecule has 1 heterocycles. The van der Waals surface area contributed by atoms with E-state index < -0.39 is 10.0 Å². The van der Waals surface area contributed by atoms with Gasteiger partial charge in [0.15, 0.2) is 0 Å².